The third-order valence-electron chi connectivity index (χ3n) is 3.39. The fourth-order valence-corrected chi connectivity index (χ4v) is 1.88. The molecule has 1 N–H and O–H groups in total. The van der Waals surface area contributed by atoms with Gasteiger partial charge >= 0.3 is 35.0 Å². The highest BCUT2D eigenvalue weighted by Gasteiger charge is 2.66. The Morgan fingerprint density at radius 3 is 1.93 bits per heavy atom. The molecule has 14 heteroatoms. The standard InChI is InChI=1S/C16H20F7NO5S/c1-9(2)11(26)29-14(15(19,20)21,12(27)24-8-10(3)25)28-7-5-4-6-13(17,18)16(22,23)30/h30H,1,4-8H2,2-3H3,(H,24,27). The number of alkyl halides is 7. The molecule has 0 saturated heterocycles. The number of nitrogens with one attached hydrogen (secondary N) is 1. The Labute approximate surface area is 172 Å². The van der Waals surface area contributed by atoms with Crippen molar-refractivity contribution in [3.05, 3.63) is 12.2 Å². The van der Waals surface area contributed by atoms with E-state index in [0.29, 0.717) is 0 Å². The maximum Gasteiger partial charge on any atom is 0.466 e. The lowest BCUT2D eigenvalue weighted by Gasteiger charge is -2.33. The highest BCUT2D eigenvalue weighted by molar-refractivity contribution is 7.81. The average Bonchev–Trinajstić information content (AvgIpc) is 2.55. The predicted molar refractivity (Wildman–Crippen MR) is 92.1 cm³/mol. The summed E-state index contributed by atoms with van der Waals surface area (Å²) in [6.07, 6.45) is -8.46. The second-order valence-electron chi connectivity index (χ2n) is 6.22. The molecule has 0 aromatic carbocycles. The zero-order valence-corrected chi connectivity index (χ0v) is 16.8. The number of carbonyl (C=O) groups excluding carboxylic acids is 3. The molecule has 0 rings (SSSR count). The van der Waals surface area contributed by atoms with Crippen LogP contribution in [0.4, 0.5) is 30.7 Å². The normalized spacial score (nSPS) is 14.6. The van der Waals surface area contributed by atoms with Crippen LogP contribution >= 0.6 is 12.6 Å². The quantitative estimate of drug-likeness (QED) is 0.114. The van der Waals surface area contributed by atoms with Gasteiger partial charge in [0.05, 0.1) is 13.2 Å². The number of carbonyl (C=O) groups is 3. The minimum absolute atomic E-state index is 0.526. The van der Waals surface area contributed by atoms with Gasteiger partial charge in [-0.1, -0.05) is 19.2 Å². The second kappa shape index (κ2) is 10.5. The molecule has 1 amide bonds. The van der Waals surface area contributed by atoms with Crippen molar-refractivity contribution in [3.63, 3.8) is 0 Å². The molecule has 0 fully saturated rings. The summed E-state index contributed by atoms with van der Waals surface area (Å²) in [4.78, 5) is 34.7. The van der Waals surface area contributed by atoms with Crippen molar-refractivity contribution in [3.8, 4) is 0 Å². The van der Waals surface area contributed by atoms with Crippen LogP contribution < -0.4 is 5.32 Å². The van der Waals surface area contributed by atoms with Crippen molar-refractivity contribution < 1.29 is 54.6 Å². The van der Waals surface area contributed by atoms with E-state index in [1.54, 1.807) is 5.32 Å². The summed E-state index contributed by atoms with van der Waals surface area (Å²) >= 11 is 2.46. The molecule has 0 aromatic rings. The van der Waals surface area contributed by atoms with Crippen LogP contribution in [0.5, 0.6) is 0 Å². The Morgan fingerprint density at radius 1 is 1.00 bits per heavy atom. The molecule has 0 radical (unpaired) electrons. The van der Waals surface area contributed by atoms with Gasteiger partial charge in [0.2, 0.25) is 0 Å². The van der Waals surface area contributed by atoms with Crippen LogP contribution in [0.3, 0.4) is 0 Å². The summed E-state index contributed by atoms with van der Waals surface area (Å²) < 4.78 is 101. The van der Waals surface area contributed by atoms with E-state index in [2.05, 4.69) is 28.7 Å². The lowest BCUT2D eigenvalue weighted by Crippen LogP contribution is -2.62. The van der Waals surface area contributed by atoms with E-state index in [1.807, 2.05) is 0 Å². The number of unbranched alkanes of at least 4 members (excludes halogenated alkanes) is 1. The monoisotopic (exact) mass is 471 g/mol. The average molecular weight is 471 g/mol. The first-order chi connectivity index (χ1) is 13.4. The molecule has 0 bridgehead atoms. The van der Waals surface area contributed by atoms with Gasteiger partial charge in [-0.25, -0.2) is 4.79 Å². The summed E-state index contributed by atoms with van der Waals surface area (Å²) in [7, 11) is 0. The van der Waals surface area contributed by atoms with E-state index < -0.39 is 78.8 Å². The number of hydrogen-bond donors (Lipinski definition) is 2. The smallest absolute Gasteiger partial charge is 0.412 e. The Balaban J connectivity index is 5.46. The first kappa shape index (κ1) is 28.2. The Morgan fingerprint density at radius 2 is 1.53 bits per heavy atom. The second-order valence-corrected chi connectivity index (χ2v) is 6.78. The van der Waals surface area contributed by atoms with E-state index in [9.17, 15) is 45.1 Å². The number of Topliss-reactive ketones (excluding diaryl/α,β-unsaturated/α-hetero) is 1. The van der Waals surface area contributed by atoms with Crippen molar-refractivity contribution in [2.45, 2.75) is 56.3 Å². The van der Waals surface area contributed by atoms with Gasteiger partial charge in [0, 0.05) is 12.0 Å². The first-order valence-electron chi connectivity index (χ1n) is 8.22. The van der Waals surface area contributed by atoms with Crippen LogP contribution in [0.15, 0.2) is 12.2 Å². The molecule has 0 spiro atoms. The van der Waals surface area contributed by atoms with Gasteiger partial charge in [-0.3, -0.25) is 9.59 Å². The number of thiol groups is 1. The van der Waals surface area contributed by atoms with Crippen molar-refractivity contribution >= 4 is 30.3 Å². The molecule has 6 nitrogen and oxygen atoms in total. The molecule has 30 heavy (non-hydrogen) atoms. The molecule has 1 unspecified atom stereocenters. The molecule has 0 aliphatic rings. The van der Waals surface area contributed by atoms with Gasteiger partial charge in [0.25, 0.3) is 0 Å². The van der Waals surface area contributed by atoms with E-state index in [1.165, 1.54) is 0 Å². The zero-order chi connectivity index (χ0) is 24.0. The topological polar surface area (TPSA) is 81.7 Å². The fourth-order valence-electron chi connectivity index (χ4n) is 1.76. The van der Waals surface area contributed by atoms with Crippen molar-refractivity contribution in [1.82, 2.24) is 5.32 Å². The number of ketones is 1. The molecular weight excluding hydrogens is 451 g/mol. The SMILES string of the molecule is C=C(C)C(=O)OC(OCCCCC(F)(F)C(F)(F)S)(C(=O)NCC(C)=O)C(F)(F)F. The fraction of sp³-hybridized carbons (Fsp3) is 0.688. The molecule has 0 heterocycles. The maximum atomic E-state index is 13.6. The van der Waals surface area contributed by atoms with Crippen molar-refractivity contribution in [1.29, 1.82) is 0 Å². The molecule has 1 atom stereocenters. The Kier molecular flexibility index (Phi) is 9.83. The Hall–Kier alpha value is -1.83. The lowest BCUT2D eigenvalue weighted by molar-refractivity contribution is -0.347. The minimum Gasteiger partial charge on any atom is -0.412 e. The largest absolute Gasteiger partial charge is 0.466 e. The number of ether oxygens (including phenoxy) is 2. The molecule has 0 aliphatic heterocycles. The summed E-state index contributed by atoms with van der Waals surface area (Å²) in [6, 6.07) is 0. The molecule has 0 aromatic heterocycles. The number of rotatable bonds is 12. The lowest BCUT2D eigenvalue weighted by atomic mass is 10.1. The van der Waals surface area contributed by atoms with E-state index >= 15 is 0 Å². The molecule has 0 aliphatic carbocycles. The van der Waals surface area contributed by atoms with E-state index in [0.717, 1.165) is 13.8 Å². The number of halogens is 7. The van der Waals surface area contributed by atoms with Gasteiger partial charge in [-0.05, 0) is 26.7 Å². The number of amides is 1. The van der Waals surface area contributed by atoms with E-state index in [-0.39, 0.29) is 0 Å². The van der Waals surface area contributed by atoms with Gasteiger partial charge in [-0.2, -0.15) is 30.7 Å². The molecular formula is C16H20F7NO5S. The Bertz CT molecular complexity index is 663. The van der Waals surface area contributed by atoms with Crippen molar-refractivity contribution in [2.75, 3.05) is 13.2 Å². The molecule has 174 valence electrons. The van der Waals surface area contributed by atoms with Gasteiger partial charge < -0.3 is 14.8 Å². The van der Waals surface area contributed by atoms with Crippen LogP contribution in [-0.4, -0.2) is 54.0 Å². The van der Waals surface area contributed by atoms with Gasteiger partial charge in [0.15, 0.2) is 0 Å². The zero-order valence-electron chi connectivity index (χ0n) is 15.9. The predicted octanol–water partition coefficient (Wildman–Crippen LogP) is 3.41. The summed E-state index contributed by atoms with van der Waals surface area (Å²) in [5, 5.41) is -3.06. The summed E-state index contributed by atoms with van der Waals surface area (Å²) in [5.41, 5.74) is -0.526. The van der Waals surface area contributed by atoms with Crippen LogP contribution in [0, 0.1) is 0 Å². The third kappa shape index (κ3) is 7.78. The maximum absolute atomic E-state index is 13.6. The van der Waals surface area contributed by atoms with Crippen LogP contribution in [-0.2, 0) is 23.9 Å². The van der Waals surface area contributed by atoms with Crippen LogP contribution in [0.25, 0.3) is 0 Å². The van der Waals surface area contributed by atoms with Crippen LogP contribution in [0.2, 0.25) is 0 Å². The minimum atomic E-state index is -5.65. The van der Waals surface area contributed by atoms with Crippen molar-refractivity contribution in [2.24, 2.45) is 0 Å². The number of esters is 1. The highest BCUT2D eigenvalue weighted by Crippen LogP contribution is 2.41. The number of hydrogen-bond acceptors (Lipinski definition) is 6. The first-order valence-corrected chi connectivity index (χ1v) is 8.67. The third-order valence-corrected chi connectivity index (χ3v) is 3.71. The molecule has 0 saturated carbocycles. The van der Waals surface area contributed by atoms with Gasteiger partial charge in [-0.15, -0.1) is 0 Å². The van der Waals surface area contributed by atoms with Gasteiger partial charge in [0.1, 0.15) is 5.78 Å². The summed E-state index contributed by atoms with van der Waals surface area (Å²) in [6.45, 7) is 3.07. The van der Waals surface area contributed by atoms with Crippen LogP contribution in [0.1, 0.15) is 33.1 Å². The summed E-state index contributed by atoms with van der Waals surface area (Å²) in [5.74, 6) is -13.2. The highest BCUT2D eigenvalue weighted by atomic mass is 32.1. The van der Waals surface area contributed by atoms with E-state index in [4.69, 9.17) is 0 Å².